The van der Waals surface area contributed by atoms with Crippen molar-refractivity contribution in [2.24, 2.45) is 0 Å². The Morgan fingerprint density at radius 2 is 2.04 bits per heavy atom. The fourth-order valence-electron chi connectivity index (χ4n) is 2.42. The molecular formula is C16H17N3O5S. The Labute approximate surface area is 149 Å². The molecule has 1 aromatic heterocycles. The lowest BCUT2D eigenvalue weighted by atomic mass is 9.98. The fraction of sp³-hybridized carbons (Fsp3) is 0.312. The number of hydrogen-bond acceptors (Lipinski definition) is 7. The van der Waals surface area contributed by atoms with Crippen LogP contribution >= 0.6 is 12.2 Å². The predicted octanol–water partition coefficient (Wildman–Crippen LogP) is 3.63. The standard InChI is InChI=1S/C16H17N3O5S/c1-8(2)13-12(15(20)24-4)14(18-16(25)17-13)9-5-6-11(23-3)10(7-9)19(21)22/h5-8H,1-4H3,(H,17,18,25). The molecule has 0 aliphatic heterocycles. The minimum absolute atomic E-state index is 0.0641. The Bertz CT molecular complexity index is 892. The summed E-state index contributed by atoms with van der Waals surface area (Å²) in [6, 6.07) is 4.33. The molecule has 0 aliphatic carbocycles. The third kappa shape index (κ3) is 3.66. The van der Waals surface area contributed by atoms with Crippen molar-refractivity contribution in [1.82, 2.24) is 9.97 Å². The van der Waals surface area contributed by atoms with Gasteiger partial charge >= 0.3 is 11.7 Å². The topological polar surface area (TPSA) is 107 Å². The minimum atomic E-state index is -0.601. The highest BCUT2D eigenvalue weighted by atomic mass is 32.1. The molecule has 0 spiro atoms. The third-order valence-corrected chi connectivity index (χ3v) is 3.77. The van der Waals surface area contributed by atoms with Gasteiger partial charge < -0.3 is 14.5 Å². The van der Waals surface area contributed by atoms with Gasteiger partial charge in [-0.3, -0.25) is 10.1 Å². The van der Waals surface area contributed by atoms with Crippen molar-refractivity contribution in [3.63, 3.8) is 0 Å². The van der Waals surface area contributed by atoms with Gasteiger partial charge in [0.1, 0.15) is 5.56 Å². The largest absolute Gasteiger partial charge is 0.490 e. The van der Waals surface area contributed by atoms with Gasteiger partial charge in [0.25, 0.3) is 0 Å². The Kier molecular flexibility index (Phi) is 5.48. The molecule has 1 aromatic carbocycles. The number of nitro benzene ring substituents is 1. The summed E-state index contributed by atoms with van der Waals surface area (Å²) in [7, 11) is 2.60. The summed E-state index contributed by atoms with van der Waals surface area (Å²) in [5.74, 6) is -0.555. The van der Waals surface area contributed by atoms with Crippen molar-refractivity contribution in [3.05, 3.63) is 44.3 Å². The molecule has 2 rings (SSSR count). The lowest BCUT2D eigenvalue weighted by molar-refractivity contribution is -0.385. The van der Waals surface area contributed by atoms with E-state index in [0.29, 0.717) is 11.3 Å². The van der Waals surface area contributed by atoms with Gasteiger partial charge in [-0.05, 0) is 30.3 Å². The van der Waals surface area contributed by atoms with Crippen LogP contribution < -0.4 is 4.74 Å². The fourth-order valence-corrected chi connectivity index (χ4v) is 2.62. The maximum Gasteiger partial charge on any atom is 0.341 e. The van der Waals surface area contributed by atoms with Gasteiger partial charge in [-0.15, -0.1) is 0 Å². The summed E-state index contributed by atoms with van der Waals surface area (Å²) in [5.41, 5.74) is 1.12. The lowest BCUT2D eigenvalue weighted by Gasteiger charge is -2.15. The van der Waals surface area contributed by atoms with Crippen LogP contribution in [0.5, 0.6) is 5.75 Å². The number of nitrogens with one attached hydrogen (secondary N) is 1. The van der Waals surface area contributed by atoms with Crippen LogP contribution in [-0.4, -0.2) is 35.1 Å². The Morgan fingerprint density at radius 3 is 2.56 bits per heavy atom. The summed E-state index contributed by atoms with van der Waals surface area (Å²) in [6.07, 6.45) is 0. The maximum atomic E-state index is 12.3. The molecule has 0 fully saturated rings. The number of ether oxygens (including phenoxy) is 2. The first-order valence-corrected chi connectivity index (χ1v) is 7.76. The minimum Gasteiger partial charge on any atom is -0.490 e. The first kappa shape index (κ1) is 18.5. The first-order valence-electron chi connectivity index (χ1n) is 7.35. The first-order chi connectivity index (χ1) is 11.8. The van der Waals surface area contributed by atoms with E-state index in [-0.39, 0.29) is 33.4 Å². The molecule has 9 heteroatoms. The van der Waals surface area contributed by atoms with Gasteiger partial charge in [0, 0.05) is 17.3 Å². The van der Waals surface area contributed by atoms with Crippen molar-refractivity contribution < 1.29 is 19.2 Å². The van der Waals surface area contributed by atoms with E-state index < -0.39 is 10.9 Å². The number of rotatable bonds is 5. The highest BCUT2D eigenvalue weighted by Gasteiger charge is 2.24. The smallest absolute Gasteiger partial charge is 0.341 e. The van der Waals surface area contributed by atoms with Gasteiger partial charge in [0.05, 0.1) is 24.8 Å². The second kappa shape index (κ2) is 7.39. The molecule has 25 heavy (non-hydrogen) atoms. The van der Waals surface area contributed by atoms with Crippen molar-refractivity contribution in [3.8, 4) is 17.0 Å². The number of carbonyl (C=O) groups is 1. The molecule has 0 atom stereocenters. The summed E-state index contributed by atoms with van der Waals surface area (Å²) in [4.78, 5) is 30.1. The number of aromatic amines is 1. The number of aromatic nitrogens is 2. The zero-order chi connectivity index (χ0) is 18.7. The van der Waals surface area contributed by atoms with E-state index in [4.69, 9.17) is 21.7 Å². The molecule has 0 amide bonds. The van der Waals surface area contributed by atoms with Gasteiger partial charge in [-0.1, -0.05) is 13.8 Å². The Balaban J connectivity index is 2.83. The molecule has 1 heterocycles. The molecule has 0 saturated carbocycles. The van der Waals surface area contributed by atoms with Crippen LogP contribution in [0.4, 0.5) is 5.69 Å². The highest BCUT2D eigenvalue weighted by Crippen LogP contribution is 2.34. The molecule has 8 nitrogen and oxygen atoms in total. The number of benzene rings is 1. The van der Waals surface area contributed by atoms with E-state index in [1.54, 1.807) is 6.07 Å². The average molecular weight is 363 g/mol. The monoisotopic (exact) mass is 363 g/mol. The van der Waals surface area contributed by atoms with Crippen LogP contribution in [0, 0.1) is 14.9 Å². The second-order valence-corrected chi connectivity index (χ2v) is 5.86. The summed E-state index contributed by atoms with van der Waals surface area (Å²) in [5, 5.41) is 11.3. The SMILES string of the molecule is COC(=O)c1c(-c2ccc(OC)c([N+](=O)[O-])c2)nc(=S)[nH]c1C(C)C. The predicted molar refractivity (Wildman–Crippen MR) is 93.5 cm³/mol. The maximum absolute atomic E-state index is 12.3. The molecule has 0 unspecified atom stereocenters. The van der Waals surface area contributed by atoms with E-state index in [1.807, 2.05) is 13.8 Å². The van der Waals surface area contributed by atoms with Crippen molar-refractivity contribution in [2.75, 3.05) is 14.2 Å². The molecule has 2 aromatic rings. The van der Waals surface area contributed by atoms with Crippen LogP contribution in [0.1, 0.15) is 35.8 Å². The normalized spacial score (nSPS) is 10.6. The zero-order valence-electron chi connectivity index (χ0n) is 14.2. The van der Waals surface area contributed by atoms with Gasteiger partial charge in [0.2, 0.25) is 0 Å². The van der Waals surface area contributed by atoms with Gasteiger partial charge in [-0.25, -0.2) is 9.78 Å². The molecule has 0 saturated heterocycles. The quantitative estimate of drug-likeness (QED) is 0.374. The molecule has 0 radical (unpaired) electrons. The molecule has 132 valence electrons. The van der Waals surface area contributed by atoms with Crippen molar-refractivity contribution in [1.29, 1.82) is 0 Å². The Morgan fingerprint density at radius 1 is 1.36 bits per heavy atom. The summed E-state index contributed by atoms with van der Waals surface area (Å²) >= 11 is 5.14. The summed E-state index contributed by atoms with van der Waals surface area (Å²) < 4.78 is 10.0. The molecule has 0 bridgehead atoms. The number of nitro groups is 1. The summed E-state index contributed by atoms with van der Waals surface area (Å²) in [6.45, 7) is 3.76. The molecular weight excluding hydrogens is 346 g/mol. The van der Waals surface area contributed by atoms with Crippen LogP contribution in [0.3, 0.4) is 0 Å². The van der Waals surface area contributed by atoms with Gasteiger partial charge in [-0.2, -0.15) is 0 Å². The lowest BCUT2D eigenvalue weighted by Crippen LogP contribution is -2.13. The zero-order valence-corrected chi connectivity index (χ0v) is 15.0. The molecule has 0 aliphatic rings. The van der Waals surface area contributed by atoms with Crippen LogP contribution in [0.2, 0.25) is 0 Å². The number of hydrogen-bond donors (Lipinski definition) is 1. The number of nitrogens with zero attached hydrogens (tertiary/aromatic N) is 2. The van der Waals surface area contributed by atoms with Crippen LogP contribution in [0.25, 0.3) is 11.3 Å². The Hall–Kier alpha value is -2.81. The van der Waals surface area contributed by atoms with Crippen molar-refractivity contribution >= 4 is 23.9 Å². The van der Waals surface area contributed by atoms with E-state index in [1.165, 1.54) is 26.4 Å². The number of H-pyrrole nitrogens is 1. The number of esters is 1. The van der Waals surface area contributed by atoms with Crippen LogP contribution in [-0.2, 0) is 4.74 Å². The van der Waals surface area contributed by atoms with E-state index >= 15 is 0 Å². The highest BCUT2D eigenvalue weighted by molar-refractivity contribution is 7.71. The van der Waals surface area contributed by atoms with Crippen molar-refractivity contribution in [2.45, 2.75) is 19.8 Å². The van der Waals surface area contributed by atoms with E-state index in [9.17, 15) is 14.9 Å². The van der Waals surface area contributed by atoms with E-state index in [2.05, 4.69) is 9.97 Å². The molecule has 1 N–H and O–H groups in total. The number of methoxy groups -OCH3 is 2. The number of carbonyl (C=O) groups excluding carboxylic acids is 1. The third-order valence-electron chi connectivity index (χ3n) is 3.58. The van der Waals surface area contributed by atoms with Crippen LogP contribution in [0.15, 0.2) is 18.2 Å². The average Bonchev–Trinajstić information content (AvgIpc) is 2.59. The second-order valence-electron chi connectivity index (χ2n) is 5.47. The van der Waals surface area contributed by atoms with E-state index in [0.717, 1.165) is 0 Å². The van der Waals surface area contributed by atoms with Gasteiger partial charge in [0.15, 0.2) is 10.5 Å².